The van der Waals surface area contributed by atoms with Crippen LogP contribution in [0, 0.1) is 10.8 Å². The van der Waals surface area contributed by atoms with Crippen molar-refractivity contribution in [2.24, 2.45) is 16.6 Å². The molecule has 0 radical (unpaired) electrons. The predicted molar refractivity (Wildman–Crippen MR) is 80.3 cm³/mol. The van der Waals surface area contributed by atoms with E-state index >= 15 is 0 Å². The lowest BCUT2D eigenvalue weighted by Crippen LogP contribution is -2.48. The van der Waals surface area contributed by atoms with Crippen molar-refractivity contribution in [2.75, 3.05) is 6.54 Å². The summed E-state index contributed by atoms with van der Waals surface area (Å²) in [6.07, 6.45) is 2.38. The summed E-state index contributed by atoms with van der Waals surface area (Å²) in [5.74, 6) is -1.92. The molecule has 2 amide bonds. The van der Waals surface area contributed by atoms with Crippen LogP contribution in [0.1, 0.15) is 46.0 Å². The van der Waals surface area contributed by atoms with Gasteiger partial charge in [0.25, 0.3) is 0 Å². The fourth-order valence-corrected chi connectivity index (χ4v) is 4.60. The third kappa shape index (κ3) is 1.86. The highest BCUT2D eigenvalue weighted by Gasteiger charge is 2.77. The molecule has 7 nitrogen and oxygen atoms in total. The summed E-state index contributed by atoms with van der Waals surface area (Å²) in [6, 6.07) is -1.11. The van der Waals surface area contributed by atoms with Crippen LogP contribution in [0.5, 0.6) is 0 Å². The van der Waals surface area contributed by atoms with Gasteiger partial charge in [0, 0.05) is 0 Å². The van der Waals surface area contributed by atoms with E-state index in [0.717, 1.165) is 17.7 Å². The number of fused-ring (bicyclic) bond motifs is 5. The Bertz CT molecular complexity index is 531. The molecular formula is C16H24N2O5. The zero-order valence-corrected chi connectivity index (χ0v) is 13.6. The topological polar surface area (TPSA) is 110 Å². The quantitative estimate of drug-likeness (QED) is 0.544. The van der Waals surface area contributed by atoms with Crippen LogP contribution in [0.4, 0.5) is 0 Å². The first kappa shape index (κ1) is 16.4. The zero-order valence-electron chi connectivity index (χ0n) is 13.6. The number of nitrogens with zero attached hydrogens (tertiary/aromatic N) is 1. The molecule has 128 valence electrons. The number of aliphatic carboxylic acids is 1. The van der Waals surface area contributed by atoms with Gasteiger partial charge >= 0.3 is 5.97 Å². The molecule has 0 saturated carbocycles. The maximum absolute atomic E-state index is 13.0. The van der Waals surface area contributed by atoms with Crippen molar-refractivity contribution < 1.29 is 24.2 Å². The molecule has 3 aliphatic rings. The number of carbonyl (C=O) groups is 3. The van der Waals surface area contributed by atoms with Gasteiger partial charge in [-0.05, 0) is 52.5 Å². The Morgan fingerprint density at radius 3 is 2.22 bits per heavy atom. The second-order valence-electron chi connectivity index (χ2n) is 7.21. The Labute approximate surface area is 135 Å². The molecule has 3 heterocycles. The number of rotatable bonds is 6. The van der Waals surface area contributed by atoms with Crippen molar-refractivity contribution in [1.29, 1.82) is 0 Å². The maximum Gasteiger partial charge on any atom is 0.326 e. The molecule has 3 fully saturated rings. The van der Waals surface area contributed by atoms with Crippen molar-refractivity contribution in [3.05, 3.63) is 0 Å². The van der Waals surface area contributed by atoms with Gasteiger partial charge in [0.2, 0.25) is 11.8 Å². The van der Waals surface area contributed by atoms with Gasteiger partial charge in [0.1, 0.15) is 6.04 Å². The normalized spacial score (nSPS) is 39.9. The van der Waals surface area contributed by atoms with Gasteiger partial charge in [-0.25, -0.2) is 4.79 Å². The van der Waals surface area contributed by atoms with Gasteiger partial charge in [-0.2, -0.15) is 0 Å². The van der Waals surface area contributed by atoms with Crippen LogP contribution >= 0.6 is 0 Å². The molecule has 0 aromatic rings. The van der Waals surface area contributed by atoms with Crippen LogP contribution in [-0.4, -0.2) is 52.6 Å². The number of hydrogen-bond acceptors (Lipinski definition) is 5. The summed E-state index contributed by atoms with van der Waals surface area (Å²) in [5, 5.41) is 9.54. The Hall–Kier alpha value is -1.47. The van der Waals surface area contributed by atoms with E-state index in [-0.39, 0.29) is 18.6 Å². The van der Waals surface area contributed by atoms with Gasteiger partial charge in [-0.15, -0.1) is 0 Å². The molecule has 3 rings (SSSR count). The number of unbranched alkanes of at least 4 members (excludes halogenated alkanes) is 1. The lowest BCUT2D eigenvalue weighted by molar-refractivity contribution is -0.158. The van der Waals surface area contributed by atoms with E-state index in [0.29, 0.717) is 19.4 Å². The number of imide groups is 1. The average molecular weight is 324 g/mol. The fourth-order valence-electron chi connectivity index (χ4n) is 4.60. The van der Waals surface area contributed by atoms with Crippen LogP contribution < -0.4 is 5.73 Å². The minimum atomic E-state index is -1.14. The third-order valence-electron chi connectivity index (χ3n) is 6.24. The maximum atomic E-state index is 13.0. The number of likely N-dealkylation sites (tertiary alicyclic amines) is 1. The van der Waals surface area contributed by atoms with E-state index in [9.17, 15) is 19.5 Å². The van der Waals surface area contributed by atoms with Gasteiger partial charge < -0.3 is 15.6 Å². The highest BCUT2D eigenvalue weighted by atomic mass is 16.5. The van der Waals surface area contributed by atoms with E-state index in [1.165, 1.54) is 0 Å². The van der Waals surface area contributed by atoms with Crippen molar-refractivity contribution in [2.45, 2.75) is 64.2 Å². The first-order chi connectivity index (χ1) is 10.8. The summed E-state index contributed by atoms with van der Waals surface area (Å²) in [6.45, 7) is 3.98. The van der Waals surface area contributed by atoms with Crippen molar-refractivity contribution >= 4 is 17.8 Å². The Morgan fingerprint density at radius 1 is 1.26 bits per heavy atom. The molecule has 0 unspecified atom stereocenters. The Balaban J connectivity index is 1.94. The second-order valence-corrected chi connectivity index (χ2v) is 7.21. The average Bonchev–Trinajstić information content (AvgIpc) is 3.11. The van der Waals surface area contributed by atoms with Crippen molar-refractivity contribution in [1.82, 2.24) is 4.90 Å². The lowest BCUT2D eigenvalue weighted by atomic mass is 9.59. The SMILES string of the molecule is C[C@@]12C(=O)N([C@@H](CCCCN)C(=O)O)C(=O)[C@]1(C)[C@H]1CC[C@@H]2O1. The van der Waals surface area contributed by atoms with Gasteiger partial charge in [0.15, 0.2) is 0 Å². The van der Waals surface area contributed by atoms with Crippen LogP contribution in [-0.2, 0) is 19.1 Å². The second kappa shape index (κ2) is 5.27. The highest BCUT2D eigenvalue weighted by molar-refractivity contribution is 6.12. The minimum Gasteiger partial charge on any atom is -0.480 e. The van der Waals surface area contributed by atoms with Crippen LogP contribution in [0.3, 0.4) is 0 Å². The molecule has 5 atom stereocenters. The first-order valence-corrected chi connectivity index (χ1v) is 8.26. The Kier molecular flexibility index (Phi) is 3.76. The number of carbonyl (C=O) groups excluding carboxylic acids is 2. The molecule has 7 heteroatoms. The van der Waals surface area contributed by atoms with Gasteiger partial charge in [-0.3, -0.25) is 14.5 Å². The largest absolute Gasteiger partial charge is 0.480 e. The molecule has 23 heavy (non-hydrogen) atoms. The highest BCUT2D eigenvalue weighted by Crippen LogP contribution is 2.64. The Morgan fingerprint density at radius 2 is 1.78 bits per heavy atom. The number of carboxylic acids is 1. The molecule has 3 N–H and O–H groups in total. The smallest absolute Gasteiger partial charge is 0.326 e. The standard InChI is InChI=1S/C16H24N2O5/c1-15-10-6-7-11(23-10)16(15,2)14(22)18(13(15)21)9(12(19)20)5-3-4-8-17/h9-11H,3-8,17H2,1-2H3,(H,19,20)/t9-,10-,11+,15+,16-/m0/s1. The molecule has 0 spiro atoms. The molecule has 3 saturated heterocycles. The summed E-state index contributed by atoms with van der Waals surface area (Å²) in [4.78, 5) is 38.7. The predicted octanol–water partition coefficient (Wildman–Crippen LogP) is 0.511. The summed E-state index contributed by atoms with van der Waals surface area (Å²) in [5.41, 5.74) is 3.55. The molecule has 0 aromatic heterocycles. The van der Waals surface area contributed by atoms with Crippen molar-refractivity contribution in [3.8, 4) is 0 Å². The van der Waals surface area contributed by atoms with Crippen LogP contribution in [0.2, 0.25) is 0 Å². The number of amides is 2. The first-order valence-electron chi connectivity index (χ1n) is 8.26. The molecular weight excluding hydrogens is 300 g/mol. The zero-order chi connectivity index (χ0) is 17.0. The van der Waals surface area contributed by atoms with Gasteiger partial charge in [-0.1, -0.05) is 0 Å². The minimum absolute atomic E-state index is 0.242. The summed E-state index contributed by atoms with van der Waals surface area (Å²) in [7, 11) is 0. The van der Waals surface area contributed by atoms with E-state index in [2.05, 4.69) is 0 Å². The van der Waals surface area contributed by atoms with Gasteiger partial charge in [0.05, 0.1) is 23.0 Å². The van der Waals surface area contributed by atoms with E-state index in [1.54, 1.807) is 13.8 Å². The fraction of sp³-hybridized carbons (Fsp3) is 0.812. The molecule has 3 aliphatic heterocycles. The summed E-state index contributed by atoms with van der Waals surface area (Å²) >= 11 is 0. The molecule has 2 bridgehead atoms. The number of nitrogens with two attached hydrogens (primary N) is 1. The lowest BCUT2D eigenvalue weighted by Gasteiger charge is -2.36. The van der Waals surface area contributed by atoms with Crippen LogP contribution in [0.25, 0.3) is 0 Å². The van der Waals surface area contributed by atoms with E-state index in [4.69, 9.17) is 10.5 Å². The summed E-state index contributed by atoms with van der Waals surface area (Å²) < 4.78 is 5.84. The van der Waals surface area contributed by atoms with Crippen molar-refractivity contribution in [3.63, 3.8) is 0 Å². The van der Waals surface area contributed by atoms with Crippen LogP contribution in [0.15, 0.2) is 0 Å². The number of ether oxygens (including phenoxy) is 1. The molecule has 0 aromatic carbocycles. The number of hydrogen-bond donors (Lipinski definition) is 2. The van der Waals surface area contributed by atoms with E-state index in [1.807, 2.05) is 0 Å². The molecule has 0 aliphatic carbocycles. The van der Waals surface area contributed by atoms with E-state index < -0.39 is 34.7 Å². The third-order valence-corrected chi connectivity index (χ3v) is 6.24. The number of carboxylic acid groups (broad SMARTS) is 1. The monoisotopic (exact) mass is 324 g/mol.